The van der Waals surface area contributed by atoms with E-state index in [-0.39, 0.29) is 22.9 Å². The van der Waals surface area contributed by atoms with Gasteiger partial charge in [0.1, 0.15) is 29.6 Å². The molecule has 3 rings (SSSR count). The second-order valence-electron chi connectivity index (χ2n) is 5.02. The minimum absolute atomic E-state index is 0.176. The molecule has 0 aliphatic rings. The Bertz CT molecular complexity index is 930. The van der Waals surface area contributed by atoms with Crippen molar-refractivity contribution in [2.75, 3.05) is 0 Å². The summed E-state index contributed by atoms with van der Waals surface area (Å²) in [4.78, 5) is 11.4. The van der Waals surface area contributed by atoms with Crippen molar-refractivity contribution in [3.8, 4) is 5.75 Å². The molecule has 6 heteroatoms. The molecule has 0 aliphatic heterocycles. The van der Waals surface area contributed by atoms with Crippen LogP contribution in [-0.4, -0.2) is 0 Å². The van der Waals surface area contributed by atoms with Crippen molar-refractivity contribution in [1.29, 1.82) is 0 Å². The highest BCUT2D eigenvalue weighted by atomic mass is 35.5. The van der Waals surface area contributed by atoms with Crippen LogP contribution in [0.2, 0.25) is 5.02 Å². The van der Waals surface area contributed by atoms with Crippen molar-refractivity contribution in [2.45, 2.75) is 13.5 Å². The van der Waals surface area contributed by atoms with Crippen LogP contribution in [0.15, 0.2) is 45.6 Å². The van der Waals surface area contributed by atoms with Gasteiger partial charge in [0.15, 0.2) is 0 Å². The zero-order chi connectivity index (χ0) is 16.6. The molecule has 0 bridgehead atoms. The normalized spacial score (nSPS) is 11.0. The van der Waals surface area contributed by atoms with Crippen molar-refractivity contribution < 1.29 is 17.9 Å². The number of fused-ring (bicyclic) bond motifs is 1. The van der Waals surface area contributed by atoms with Crippen molar-refractivity contribution in [3.63, 3.8) is 0 Å². The van der Waals surface area contributed by atoms with E-state index in [0.29, 0.717) is 16.5 Å². The number of ether oxygens (including phenoxy) is 1. The third-order valence-electron chi connectivity index (χ3n) is 3.44. The number of hydrogen-bond donors (Lipinski definition) is 0. The molecule has 0 unspecified atom stereocenters. The topological polar surface area (TPSA) is 39.4 Å². The van der Waals surface area contributed by atoms with Crippen LogP contribution in [0.3, 0.4) is 0 Å². The van der Waals surface area contributed by atoms with Gasteiger partial charge in [-0.3, -0.25) is 0 Å². The monoisotopic (exact) mass is 336 g/mol. The first kappa shape index (κ1) is 15.5. The quantitative estimate of drug-likeness (QED) is 0.656. The summed E-state index contributed by atoms with van der Waals surface area (Å²) in [5, 5.41) is 0.921. The highest BCUT2D eigenvalue weighted by Gasteiger charge is 2.12. The van der Waals surface area contributed by atoms with E-state index in [1.165, 1.54) is 18.2 Å². The Balaban J connectivity index is 1.97. The van der Waals surface area contributed by atoms with Gasteiger partial charge in [-0.1, -0.05) is 17.7 Å². The molecule has 0 aliphatic carbocycles. The van der Waals surface area contributed by atoms with E-state index in [2.05, 4.69) is 0 Å². The molecular formula is C17H11ClF2O3. The molecule has 3 aromatic rings. The number of rotatable bonds is 3. The van der Waals surface area contributed by atoms with Gasteiger partial charge in [0.25, 0.3) is 0 Å². The minimum atomic E-state index is -0.704. The second-order valence-corrected chi connectivity index (χ2v) is 5.42. The summed E-state index contributed by atoms with van der Waals surface area (Å²) >= 11 is 6.13. The summed E-state index contributed by atoms with van der Waals surface area (Å²) in [5.41, 5.74) is 0.311. The fourth-order valence-electron chi connectivity index (χ4n) is 2.25. The first-order chi connectivity index (χ1) is 11.0. The fourth-order valence-corrected chi connectivity index (χ4v) is 2.47. The van der Waals surface area contributed by atoms with Crippen LogP contribution in [0.1, 0.15) is 11.1 Å². The smallest absolute Gasteiger partial charge is 0.336 e. The lowest BCUT2D eigenvalue weighted by atomic mass is 10.1. The molecule has 0 saturated carbocycles. The summed E-state index contributed by atoms with van der Waals surface area (Å²) in [6, 6.07) is 7.94. The van der Waals surface area contributed by atoms with E-state index in [4.69, 9.17) is 20.8 Å². The lowest BCUT2D eigenvalue weighted by Crippen LogP contribution is -2.03. The SMILES string of the molecule is Cc1cc(=O)oc2cc(OCc3c(F)cccc3F)c(Cl)cc12. The molecule has 118 valence electrons. The lowest BCUT2D eigenvalue weighted by molar-refractivity contribution is 0.292. The highest BCUT2D eigenvalue weighted by molar-refractivity contribution is 6.32. The third-order valence-corrected chi connectivity index (χ3v) is 3.73. The van der Waals surface area contributed by atoms with E-state index in [9.17, 15) is 13.6 Å². The maximum Gasteiger partial charge on any atom is 0.336 e. The average molecular weight is 337 g/mol. The predicted molar refractivity (Wildman–Crippen MR) is 82.9 cm³/mol. The molecule has 0 amide bonds. The molecule has 0 radical (unpaired) electrons. The minimum Gasteiger partial charge on any atom is -0.487 e. The molecule has 0 atom stereocenters. The fraction of sp³-hybridized carbons (Fsp3) is 0.118. The van der Waals surface area contributed by atoms with Crippen LogP contribution < -0.4 is 10.4 Å². The van der Waals surface area contributed by atoms with Crippen LogP contribution in [0.4, 0.5) is 8.78 Å². The van der Waals surface area contributed by atoms with Gasteiger partial charge in [-0.2, -0.15) is 0 Å². The highest BCUT2D eigenvalue weighted by Crippen LogP contribution is 2.31. The van der Waals surface area contributed by atoms with Gasteiger partial charge >= 0.3 is 5.63 Å². The third kappa shape index (κ3) is 3.05. The summed E-state index contributed by atoms with van der Waals surface area (Å²) in [6.07, 6.45) is 0. The molecule has 3 nitrogen and oxygen atoms in total. The molecule has 23 heavy (non-hydrogen) atoms. The summed E-state index contributed by atoms with van der Waals surface area (Å²) in [7, 11) is 0. The zero-order valence-electron chi connectivity index (χ0n) is 12.0. The molecular weight excluding hydrogens is 326 g/mol. The van der Waals surface area contributed by atoms with Crippen LogP contribution >= 0.6 is 11.6 Å². The predicted octanol–water partition coefficient (Wildman–Crippen LogP) is 4.61. The van der Waals surface area contributed by atoms with Gasteiger partial charge in [-0.25, -0.2) is 13.6 Å². The summed E-state index contributed by atoms with van der Waals surface area (Å²) < 4.78 is 37.7. The first-order valence-electron chi connectivity index (χ1n) is 6.75. The van der Waals surface area contributed by atoms with Crippen LogP contribution in [-0.2, 0) is 6.61 Å². The molecule has 0 saturated heterocycles. The maximum absolute atomic E-state index is 13.6. The van der Waals surface area contributed by atoms with E-state index < -0.39 is 17.3 Å². The molecule has 0 N–H and O–H groups in total. The van der Waals surface area contributed by atoms with Crippen LogP contribution in [0, 0.1) is 18.6 Å². The van der Waals surface area contributed by atoms with E-state index in [1.807, 2.05) is 0 Å². The van der Waals surface area contributed by atoms with Crippen molar-refractivity contribution in [3.05, 3.63) is 74.6 Å². The molecule has 2 aromatic carbocycles. The summed E-state index contributed by atoms with van der Waals surface area (Å²) in [6.45, 7) is 1.42. The lowest BCUT2D eigenvalue weighted by Gasteiger charge is -2.11. The van der Waals surface area contributed by atoms with Crippen LogP contribution in [0.5, 0.6) is 5.75 Å². The van der Waals surface area contributed by atoms with E-state index in [1.54, 1.807) is 13.0 Å². The number of hydrogen-bond acceptors (Lipinski definition) is 3. The number of halogens is 3. The Labute approximate surface area is 135 Å². The Kier molecular flexibility index (Phi) is 4.05. The van der Waals surface area contributed by atoms with Gasteiger partial charge in [0, 0.05) is 17.5 Å². The van der Waals surface area contributed by atoms with Gasteiger partial charge in [-0.15, -0.1) is 0 Å². The van der Waals surface area contributed by atoms with Gasteiger partial charge in [-0.05, 0) is 30.7 Å². The van der Waals surface area contributed by atoms with Crippen LogP contribution in [0.25, 0.3) is 11.0 Å². The van der Waals surface area contributed by atoms with Gasteiger partial charge in [0.05, 0.1) is 10.6 Å². The number of aryl methyl sites for hydroxylation is 1. The molecule has 1 heterocycles. The largest absolute Gasteiger partial charge is 0.487 e. The standard InChI is InChI=1S/C17H11ClF2O3/c1-9-5-17(21)23-15-7-16(12(18)6-10(9)15)22-8-11-13(19)3-2-4-14(11)20/h2-7H,8H2,1H3. The molecule has 1 aromatic heterocycles. The Hall–Kier alpha value is -2.40. The van der Waals surface area contributed by atoms with Gasteiger partial charge < -0.3 is 9.15 Å². The van der Waals surface area contributed by atoms with Crippen molar-refractivity contribution in [1.82, 2.24) is 0 Å². The Morgan fingerprint density at radius 2 is 1.87 bits per heavy atom. The average Bonchev–Trinajstić information content (AvgIpc) is 2.48. The van der Waals surface area contributed by atoms with E-state index >= 15 is 0 Å². The molecule has 0 fully saturated rings. The Morgan fingerprint density at radius 1 is 1.17 bits per heavy atom. The maximum atomic E-state index is 13.6. The molecule has 0 spiro atoms. The van der Waals surface area contributed by atoms with Crippen molar-refractivity contribution in [2.24, 2.45) is 0 Å². The zero-order valence-corrected chi connectivity index (χ0v) is 12.8. The number of benzene rings is 2. The summed E-state index contributed by atoms with van der Waals surface area (Å²) in [5.74, 6) is -1.23. The van der Waals surface area contributed by atoms with Crippen molar-refractivity contribution >= 4 is 22.6 Å². The second kappa shape index (κ2) is 6.01. The van der Waals surface area contributed by atoms with E-state index in [0.717, 1.165) is 12.1 Å². The Morgan fingerprint density at radius 3 is 2.57 bits per heavy atom. The first-order valence-corrected chi connectivity index (χ1v) is 7.13. The van der Waals surface area contributed by atoms with Gasteiger partial charge in [0.2, 0.25) is 0 Å².